The van der Waals surface area contributed by atoms with Crippen molar-refractivity contribution in [3.05, 3.63) is 65.3 Å². The number of carbonyl (C=O) groups is 1. The van der Waals surface area contributed by atoms with Crippen LogP contribution in [0.1, 0.15) is 24.9 Å². The zero-order valence-electron chi connectivity index (χ0n) is 16.4. The van der Waals surface area contributed by atoms with Crippen LogP contribution in [0.5, 0.6) is 0 Å². The van der Waals surface area contributed by atoms with Gasteiger partial charge in [-0.3, -0.25) is 4.79 Å². The van der Waals surface area contributed by atoms with Crippen LogP contribution in [0, 0.1) is 5.82 Å². The predicted molar refractivity (Wildman–Crippen MR) is 105 cm³/mol. The van der Waals surface area contributed by atoms with Gasteiger partial charge >= 0.3 is 12.1 Å². The van der Waals surface area contributed by atoms with Gasteiger partial charge in [-0.25, -0.2) is 9.38 Å². The average molecular weight is 447 g/mol. The summed E-state index contributed by atoms with van der Waals surface area (Å²) >= 11 is 6.26. The summed E-state index contributed by atoms with van der Waals surface area (Å²) < 4.78 is 64.2. The summed E-state index contributed by atoms with van der Waals surface area (Å²) in [6, 6.07) is 3.04. The summed E-state index contributed by atoms with van der Waals surface area (Å²) in [7, 11) is 2.38. The second-order valence-electron chi connectivity index (χ2n) is 6.12. The van der Waals surface area contributed by atoms with Gasteiger partial charge in [-0.2, -0.15) is 13.2 Å². The number of benzene rings is 1. The zero-order chi connectivity index (χ0) is 22.6. The van der Waals surface area contributed by atoms with Crippen molar-refractivity contribution in [2.45, 2.75) is 25.6 Å². The van der Waals surface area contributed by atoms with Gasteiger partial charge in [0.15, 0.2) is 0 Å². The monoisotopic (exact) mass is 446 g/mol. The van der Waals surface area contributed by atoms with Crippen LogP contribution in [-0.4, -0.2) is 36.6 Å². The summed E-state index contributed by atoms with van der Waals surface area (Å²) in [4.78, 5) is 17.2. The normalized spacial score (nSPS) is 17.3. The molecule has 5 nitrogen and oxygen atoms in total. The molecule has 0 saturated heterocycles. The van der Waals surface area contributed by atoms with Gasteiger partial charge in [0.25, 0.3) is 0 Å². The van der Waals surface area contributed by atoms with Crippen LogP contribution in [0.25, 0.3) is 0 Å². The van der Waals surface area contributed by atoms with E-state index in [1.807, 2.05) is 0 Å². The standard InChI is InChI=1S/C20H19ClF4N2O3/c1-5-12(20(23,24)25)9-15(11(2)29-3)27-16(10-17(28)30-4)13-7-6-8-14(22)18(13)26-19(27)21/h5-9,16H,2,10H2,1,3-4H3/b12-5+,15-9+. The molecule has 0 spiro atoms. The number of allylic oxidation sites excluding steroid dienone is 3. The third kappa shape index (κ3) is 4.84. The highest BCUT2D eigenvalue weighted by Gasteiger charge is 2.38. The predicted octanol–water partition coefficient (Wildman–Crippen LogP) is 5.52. The molecule has 1 aliphatic heterocycles. The van der Waals surface area contributed by atoms with E-state index in [0.717, 1.165) is 30.2 Å². The van der Waals surface area contributed by atoms with Crippen molar-refractivity contribution in [2.24, 2.45) is 4.99 Å². The van der Waals surface area contributed by atoms with Gasteiger partial charge in [0.1, 0.15) is 17.3 Å². The van der Waals surface area contributed by atoms with E-state index in [0.29, 0.717) is 0 Å². The van der Waals surface area contributed by atoms with E-state index >= 15 is 0 Å². The molecule has 0 aromatic heterocycles. The first-order valence-electron chi connectivity index (χ1n) is 8.62. The summed E-state index contributed by atoms with van der Waals surface area (Å²) in [5.74, 6) is -1.54. The average Bonchev–Trinajstić information content (AvgIpc) is 2.69. The number of ether oxygens (including phenoxy) is 2. The van der Waals surface area contributed by atoms with Crippen LogP contribution < -0.4 is 0 Å². The number of methoxy groups -OCH3 is 2. The number of carbonyl (C=O) groups excluding carboxylic acids is 1. The Morgan fingerprint density at radius 2 is 2.00 bits per heavy atom. The number of fused-ring (bicyclic) bond motifs is 1. The highest BCUT2D eigenvalue weighted by molar-refractivity contribution is 6.65. The molecular formula is C20H19ClF4N2O3. The molecule has 0 fully saturated rings. The molecule has 1 aromatic rings. The molecule has 0 amide bonds. The van der Waals surface area contributed by atoms with Crippen molar-refractivity contribution in [2.75, 3.05) is 14.2 Å². The number of hydrogen-bond donors (Lipinski definition) is 0. The Morgan fingerprint density at radius 3 is 2.53 bits per heavy atom. The van der Waals surface area contributed by atoms with Gasteiger partial charge < -0.3 is 14.4 Å². The summed E-state index contributed by atoms with van der Waals surface area (Å²) in [5.41, 5.74) is -1.06. The number of aliphatic imine (C=N–C) groups is 1. The van der Waals surface area contributed by atoms with Crippen molar-refractivity contribution in [3.63, 3.8) is 0 Å². The van der Waals surface area contributed by atoms with Crippen molar-refractivity contribution >= 4 is 28.6 Å². The van der Waals surface area contributed by atoms with Gasteiger partial charge in [-0.15, -0.1) is 0 Å². The molecule has 0 radical (unpaired) electrons. The van der Waals surface area contributed by atoms with Crippen LogP contribution in [0.3, 0.4) is 0 Å². The van der Waals surface area contributed by atoms with Crippen molar-refractivity contribution < 1.29 is 31.8 Å². The van der Waals surface area contributed by atoms with Crippen molar-refractivity contribution in [1.29, 1.82) is 0 Å². The van der Waals surface area contributed by atoms with Gasteiger partial charge in [0.2, 0.25) is 5.29 Å². The number of alkyl halides is 3. The topological polar surface area (TPSA) is 51.1 Å². The number of para-hydroxylation sites is 1. The Kier molecular flexibility index (Phi) is 7.30. The van der Waals surface area contributed by atoms with E-state index in [1.54, 1.807) is 0 Å². The maximum atomic E-state index is 14.3. The molecule has 10 heteroatoms. The van der Waals surface area contributed by atoms with Gasteiger partial charge in [0.05, 0.1) is 38.0 Å². The number of hydrogen-bond acceptors (Lipinski definition) is 5. The highest BCUT2D eigenvalue weighted by Crippen LogP contribution is 2.43. The first kappa shape index (κ1) is 23.5. The van der Waals surface area contributed by atoms with E-state index in [9.17, 15) is 22.4 Å². The van der Waals surface area contributed by atoms with E-state index < -0.39 is 29.6 Å². The number of amidine groups is 1. The highest BCUT2D eigenvalue weighted by atomic mass is 35.5. The van der Waals surface area contributed by atoms with Crippen LogP contribution in [0.15, 0.2) is 59.0 Å². The minimum atomic E-state index is -4.67. The number of rotatable bonds is 6. The molecule has 1 unspecified atom stereocenters. The number of esters is 1. The maximum Gasteiger partial charge on any atom is 0.416 e. The molecule has 1 aliphatic rings. The Bertz CT molecular complexity index is 938. The lowest BCUT2D eigenvalue weighted by Gasteiger charge is -2.37. The van der Waals surface area contributed by atoms with Crippen molar-refractivity contribution in [1.82, 2.24) is 4.90 Å². The Labute approximate surface area is 175 Å². The molecule has 162 valence electrons. The molecule has 0 N–H and O–H groups in total. The molecule has 0 bridgehead atoms. The van der Waals surface area contributed by atoms with Crippen LogP contribution in [-0.2, 0) is 14.3 Å². The number of halogens is 5. The lowest BCUT2D eigenvalue weighted by molar-refractivity contribution is -0.141. The lowest BCUT2D eigenvalue weighted by Crippen LogP contribution is -2.36. The molecular weight excluding hydrogens is 428 g/mol. The Hall–Kier alpha value is -2.81. The fourth-order valence-electron chi connectivity index (χ4n) is 2.91. The summed E-state index contributed by atoms with van der Waals surface area (Å²) in [6.07, 6.45) is -3.38. The molecule has 1 atom stereocenters. The fourth-order valence-corrected chi connectivity index (χ4v) is 3.20. The Balaban J connectivity index is 2.74. The van der Waals surface area contributed by atoms with E-state index in [-0.39, 0.29) is 34.4 Å². The minimum Gasteiger partial charge on any atom is -0.495 e. The summed E-state index contributed by atoms with van der Waals surface area (Å²) in [5, 5.41) is -0.358. The largest absolute Gasteiger partial charge is 0.495 e. The van der Waals surface area contributed by atoms with E-state index in [1.165, 1.54) is 26.2 Å². The molecule has 1 aromatic carbocycles. The fraction of sp³-hybridized carbons (Fsp3) is 0.300. The molecule has 2 rings (SSSR count). The first-order valence-corrected chi connectivity index (χ1v) is 9.00. The van der Waals surface area contributed by atoms with Crippen LogP contribution >= 0.6 is 11.6 Å². The molecule has 30 heavy (non-hydrogen) atoms. The zero-order valence-corrected chi connectivity index (χ0v) is 17.1. The second kappa shape index (κ2) is 9.34. The first-order chi connectivity index (χ1) is 14.0. The quantitative estimate of drug-likeness (QED) is 0.190. The lowest BCUT2D eigenvalue weighted by atomic mass is 9.97. The maximum absolute atomic E-state index is 14.3. The van der Waals surface area contributed by atoms with Crippen LogP contribution in [0.2, 0.25) is 0 Å². The van der Waals surface area contributed by atoms with Gasteiger partial charge in [-0.05, 0) is 30.7 Å². The van der Waals surface area contributed by atoms with Crippen molar-refractivity contribution in [3.8, 4) is 0 Å². The molecule has 0 saturated carbocycles. The Morgan fingerprint density at radius 1 is 1.33 bits per heavy atom. The van der Waals surface area contributed by atoms with E-state index in [4.69, 9.17) is 21.1 Å². The second-order valence-corrected chi connectivity index (χ2v) is 6.46. The summed E-state index contributed by atoms with van der Waals surface area (Å²) in [6.45, 7) is 4.85. The molecule has 0 aliphatic carbocycles. The smallest absolute Gasteiger partial charge is 0.416 e. The molecule has 1 heterocycles. The third-order valence-electron chi connectivity index (χ3n) is 4.40. The minimum absolute atomic E-state index is 0.114. The van der Waals surface area contributed by atoms with Gasteiger partial charge in [0, 0.05) is 5.56 Å². The third-order valence-corrected chi connectivity index (χ3v) is 4.67. The van der Waals surface area contributed by atoms with Gasteiger partial charge in [-0.1, -0.05) is 24.8 Å². The number of nitrogens with zero attached hydrogens (tertiary/aromatic N) is 2. The van der Waals surface area contributed by atoms with E-state index in [2.05, 4.69) is 11.6 Å². The SMILES string of the molecule is C=C(OC)/C(=C\C(=C/C)C(F)(F)F)N1C(Cl)=Nc2c(F)cccc2C1CC(=O)OC. The van der Waals surface area contributed by atoms with Crippen LogP contribution in [0.4, 0.5) is 23.2 Å².